The Morgan fingerprint density at radius 2 is 1.43 bits per heavy atom. The van der Waals surface area contributed by atoms with Gasteiger partial charge in [0.1, 0.15) is 0 Å². The Morgan fingerprint density at radius 1 is 1.07 bits per heavy atom. The van der Waals surface area contributed by atoms with Crippen LogP contribution in [-0.2, 0) is 0 Å². The average Bonchev–Trinajstić information content (AvgIpc) is 1.76. The van der Waals surface area contributed by atoms with Crippen LogP contribution in [0.2, 0.25) is 0 Å². The van der Waals surface area contributed by atoms with Gasteiger partial charge in [-0.1, -0.05) is 39.3 Å². The van der Waals surface area contributed by atoms with Crippen molar-refractivity contribution in [3.63, 3.8) is 0 Å². The quantitative estimate of drug-likeness (QED) is 0.667. The van der Waals surface area contributed by atoms with Crippen LogP contribution >= 0.6 is 0 Å². The molecule has 0 aromatic carbocycles. The molecule has 0 aliphatic rings. The van der Waals surface area contributed by atoms with Crippen molar-refractivity contribution < 1.29 is 5.11 Å². The minimum absolute atomic E-state index is 0.536. The Labute approximate surface area is 89.2 Å². The monoisotopic (exact) mass is 198 g/mol. The van der Waals surface area contributed by atoms with Gasteiger partial charge in [-0.25, -0.2) is 0 Å². The highest BCUT2D eigenvalue weighted by Gasteiger charge is 2.26. The van der Waals surface area contributed by atoms with E-state index in [4.69, 9.17) is 0 Å². The van der Waals surface area contributed by atoms with Crippen molar-refractivity contribution in [3.8, 4) is 0 Å². The molecule has 1 nitrogen and oxygen atoms in total. The van der Waals surface area contributed by atoms with Gasteiger partial charge in [0.25, 0.3) is 0 Å². The summed E-state index contributed by atoms with van der Waals surface area (Å²) in [5, 5.41) is 10.4. The van der Waals surface area contributed by atoms with Crippen LogP contribution in [0.5, 0.6) is 0 Å². The van der Waals surface area contributed by atoms with Gasteiger partial charge < -0.3 is 5.11 Å². The maximum Gasteiger partial charge on any atom is 0.0835 e. The minimum atomic E-state index is -0.596. The number of aliphatic hydroxyl groups is 1. The molecular weight excluding hydrogens is 172 g/mol. The van der Waals surface area contributed by atoms with Crippen LogP contribution in [0.25, 0.3) is 0 Å². The van der Waals surface area contributed by atoms with Crippen molar-refractivity contribution >= 4 is 0 Å². The lowest BCUT2D eigenvalue weighted by Gasteiger charge is -2.29. The molecule has 0 spiro atoms. The molecule has 0 fully saturated rings. The number of rotatable bonds is 5. The maximum atomic E-state index is 10.4. The Balaban J connectivity index is 4.58. The average molecular weight is 198 g/mol. The molecular formula is C13H26O. The third kappa shape index (κ3) is 6.20. The molecule has 0 heterocycles. The lowest BCUT2D eigenvalue weighted by molar-refractivity contribution is 0.0464. The molecule has 0 aliphatic heterocycles. The second-order valence-corrected chi connectivity index (χ2v) is 5.52. The first kappa shape index (κ1) is 13.7. The van der Waals surface area contributed by atoms with E-state index in [2.05, 4.69) is 27.7 Å². The number of hydrogen-bond acceptors (Lipinski definition) is 1. The van der Waals surface area contributed by atoms with Gasteiger partial charge in [-0.3, -0.25) is 0 Å². The highest BCUT2D eigenvalue weighted by Crippen LogP contribution is 2.27. The first-order chi connectivity index (χ1) is 6.25. The molecule has 0 aromatic heterocycles. The molecule has 1 N–H and O–H groups in total. The van der Waals surface area contributed by atoms with Crippen LogP contribution in [0.4, 0.5) is 0 Å². The summed E-state index contributed by atoms with van der Waals surface area (Å²) in [6, 6.07) is 0. The molecule has 84 valence electrons. The van der Waals surface area contributed by atoms with Crippen molar-refractivity contribution in [2.75, 3.05) is 0 Å². The second kappa shape index (κ2) is 5.55. The summed E-state index contributed by atoms with van der Waals surface area (Å²) in [6.07, 6.45) is 3.74. The van der Waals surface area contributed by atoms with Crippen molar-refractivity contribution in [1.82, 2.24) is 0 Å². The first-order valence-electron chi connectivity index (χ1n) is 5.63. The zero-order valence-electron chi connectivity index (χ0n) is 10.6. The van der Waals surface area contributed by atoms with Gasteiger partial charge in [-0.05, 0) is 38.5 Å². The van der Waals surface area contributed by atoms with E-state index in [0.717, 1.165) is 12.8 Å². The molecule has 0 amide bonds. The van der Waals surface area contributed by atoms with Gasteiger partial charge in [0, 0.05) is 0 Å². The third-order valence-corrected chi connectivity index (χ3v) is 2.08. The zero-order valence-corrected chi connectivity index (χ0v) is 10.6. The summed E-state index contributed by atoms with van der Waals surface area (Å²) in [4.78, 5) is 0. The fourth-order valence-electron chi connectivity index (χ4n) is 2.15. The first-order valence-corrected chi connectivity index (χ1v) is 5.63. The lowest BCUT2D eigenvalue weighted by Crippen LogP contribution is -2.30. The van der Waals surface area contributed by atoms with Crippen LogP contribution in [-0.4, -0.2) is 10.7 Å². The predicted molar refractivity (Wildman–Crippen MR) is 63.3 cm³/mol. The Bertz CT molecular complexity index is 175. The van der Waals surface area contributed by atoms with Crippen molar-refractivity contribution in [2.24, 2.45) is 11.8 Å². The Morgan fingerprint density at radius 3 is 1.64 bits per heavy atom. The van der Waals surface area contributed by atoms with E-state index >= 15 is 0 Å². The van der Waals surface area contributed by atoms with Gasteiger partial charge in [0.05, 0.1) is 5.60 Å². The Hall–Kier alpha value is -0.300. The number of allylic oxidation sites excluding steroid dienone is 1. The van der Waals surface area contributed by atoms with E-state index in [9.17, 15) is 5.11 Å². The van der Waals surface area contributed by atoms with Gasteiger partial charge in [0.15, 0.2) is 0 Å². The normalized spacial score (nSPS) is 12.4. The van der Waals surface area contributed by atoms with E-state index < -0.39 is 5.60 Å². The highest BCUT2D eigenvalue weighted by atomic mass is 16.3. The van der Waals surface area contributed by atoms with Crippen LogP contribution < -0.4 is 0 Å². The standard InChI is InChI=1S/C13H26O/c1-10(2)7-13(14,8-11(3)4)9-12(5)6/h7,11-12,14H,8-9H2,1-6H3. The van der Waals surface area contributed by atoms with Crippen LogP contribution in [0, 0.1) is 11.8 Å². The van der Waals surface area contributed by atoms with E-state index in [0.29, 0.717) is 11.8 Å². The molecule has 0 bridgehead atoms. The minimum Gasteiger partial charge on any atom is -0.386 e. The van der Waals surface area contributed by atoms with Crippen LogP contribution in [0.15, 0.2) is 11.6 Å². The summed E-state index contributed by atoms with van der Waals surface area (Å²) < 4.78 is 0. The lowest BCUT2D eigenvalue weighted by atomic mass is 9.84. The molecule has 14 heavy (non-hydrogen) atoms. The summed E-state index contributed by atoms with van der Waals surface area (Å²) in [7, 11) is 0. The second-order valence-electron chi connectivity index (χ2n) is 5.52. The summed E-state index contributed by atoms with van der Waals surface area (Å²) in [6.45, 7) is 12.7. The van der Waals surface area contributed by atoms with E-state index in [1.54, 1.807) is 0 Å². The molecule has 1 heteroatoms. The van der Waals surface area contributed by atoms with E-state index in [1.165, 1.54) is 5.57 Å². The predicted octanol–water partition coefficient (Wildman–Crippen LogP) is 3.78. The fraction of sp³-hybridized carbons (Fsp3) is 0.846. The topological polar surface area (TPSA) is 20.2 Å². The molecule has 0 atom stereocenters. The van der Waals surface area contributed by atoms with Gasteiger partial charge in [-0.2, -0.15) is 0 Å². The Kier molecular flexibility index (Phi) is 5.43. The smallest absolute Gasteiger partial charge is 0.0835 e. The van der Waals surface area contributed by atoms with E-state index in [-0.39, 0.29) is 0 Å². The molecule has 0 rings (SSSR count). The zero-order chi connectivity index (χ0) is 11.4. The highest BCUT2D eigenvalue weighted by molar-refractivity contribution is 5.07. The molecule has 0 unspecified atom stereocenters. The van der Waals surface area contributed by atoms with Gasteiger partial charge in [0.2, 0.25) is 0 Å². The molecule has 0 radical (unpaired) electrons. The van der Waals surface area contributed by atoms with Crippen molar-refractivity contribution in [3.05, 3.63) is 11.6 Å². The van der Waals surface area contributed by atoms with Gasteiger partial charge >= 0.3 is 0 Å². The summed E-state index contributed by atoms with van der Waals surface area (Å²) >= 11 is 0. The third-order valence-electron chi connectivity index (χ3n) is 2.08. The van der Waals surface area contributed by atoms with Gasteiger partial charge in [-0.15, -0.1) is 0 Å². The van der Waals surface area contributed by atoms with Crippen molar-refractivity contribution in [1.29, 1.82) is 0 Å². The van der Waals surface area contributed by atoms with Crippen LogP contribution in [0.1, 0.15) is 54.4 Å². The van der Waals surface area contributed by atoms with Crippen molar-refractivity contribution in [2.45, 2.75) is 60.0 Å². The maximum absolute atomic E-state index is 10.4. The van der Waals surface area contributed by atoms with E-state index in [1.807, 2.05) is 19.9 Å². The SMILES string of the molecule is CC(C)=CC(O)(CC(C)C)CC(C)C. The molecule has 0 saturated heterocycles. The van der Waals surface area contributed by atoms with Crippen LogP contribution in [0.3, 0.4) is 0 Å². The molecule has 0 aromatic rings. The molecule has 0 saturated carbocycles. The molecule has 0 aliphatic carbocycles. The summed E-state index contributed by atoms with van der Waals surface area (Å²) in [5.41, 5.74) is 0.607. The number of hydrogen-bond donors (Lipinski definition) is 1. The fourth-order valence-corrected chi connectivity index (χ4v) is 2.15. The summed E-state index contributed by atoms with van der Waals surface area (Å²) in [5.74, 6) is 1.07. The largest absolute Gasteiger partial charge is 0.386 e.